The van der Waals surface area contributed by atoms with E-state index in [0.29, 0.717) is 24.0 Å². The molecular formula is C17H29N3O. The lowest BCUT2D eigenvalue weighted by Crippen LogP contribution is -2.32. The van der Waals surface area contributed by atoms with Crippen LogP contribution in [0.5, 0.6) is 0 Å². The van der Waals surface area contributed by atoms with Crippen molar-refractivity contribution >= 4 is 5.78 Å². The maximum atomic E-state index is 12.9. The van der Waals surface area contributed by atoms with Crippen molar-refractivity contribution in [3.8, 4) is 0 Å². The smallest absolute Gasteiger partial charge is 0.146 e. The minimum Gasteiger partial charge on any atom is -0.299 e. The van der Waals surface area contributed by atoms with Gasteiger partial charge in [-0.2, -0.15) is 5.10 Å². The normalized spacial score (nSPS) is 17.8. The number of ketones is 1. The summed E-state index contributed by atoms with van der Waals surface area (Å²) in [5.41, 5.74) is -0.0945. The van der Waals surface area contributed by atoms with Crippen molar-refractivity contribution in [1.29, 1.82) is 0 Å². The molecule has 1 fully saturated rings. The van der Waals surface area contributed by atoms with Crippen molar-refractivity contribution in [2.24, 2.45) is 17.3 Å². The molecule has 0 amide bonds. The van der Waals surface area contributed by atoms with E-state index in [0.717, 1.165) is 31.6 Å². The van der Waals surface area contributed by atoms with Gasteiger partial charge in [-0.25, -0.2) is 9.67 Å². The highest BCUT2D eigenvalue weighted by atomic mass is 16.1. The molecule has 1 aromatic rings. The van der Waals surface area contributed by atoms with Crippen LogP contribution in [0.25, 0.3) is 0 Å². The Morgan fingerprint density at radius 2 is 1.90 bits per heavy atom. The van der Waals surface area contributed by atoms with Gasteiger partial charge in [0.1, 0.15) is 17.9 Å². The Morgan fingerprint density at radius 1 is 1.24 bits per heavy atom. The number of carbonyl (C=O) groups is 1. The summed E-state index contributed by atoms with van der Waals surface area (Å²) in [5.74, 6) is 2.30. The first-order valence-corrected chi connectivity index (χ1v) is 8.33. The van der Waals surface area contributed by atoms with Gasteiger partial charge in [-0.1, -0.05) is 40.5 Å². The Morgan fingerprint density at radius 3 is 2.48 bits per heavy atom. The van der Waals surface area contributed by atoms with Crippen molar-refractivity contribution in [3.05, 3.63) is 12.2 Å². The molecule has 0 atom stereocenters. The first-order valence-electron chi connectivity index (χ1n) is 8.33. The molecule has 21 heavy (non-hydrogen) atoms. The van der Waals surface area contributed by atoms with Crippen LogP contribution in [-0.2, 0) is 17.8 Å². The van der Waals surface area contributed by atoms with Crippen LogP contribution in [0.4, 0.5) is 0 Å². The van der Waals surface area contributed by atoms with Crippen molar-refractivity contribution in [2.75, 3.05) is 0 Å². The number of Topliss-reactive ketones (excluding diaryl/α,β-unsaturated/α-hetero) is 1. The molecule has 0 aromatic carbocycles. The van der Waals surface area contributed by atoms with Crippen LogP contribution < -0.4 is 0 Å². The summed E-state index contributed by atoms with van der Waals surface area (Å²) in [6.07, 6.45) is 7.54. The molecule has 0 saturated heterocycles. The van der Waals surface area contributed by atoms with E-state index in [-0.39, 0.29) is 5.41 Å². The fourth-order valence-electron chi connectivity index (χ4n) is 3.68. The average Bonchev–Trinajstić information content (AvgIpc) is 2.99. The Labute approximate surface area is 128 Å². The van der Waals surface area contributed by atoms with E-state index >= 15 is 0 Å². The summed E-state index contributed by atoms with van der Waals surface area (Å²) in [5, 5.41) is 4.27. The van der Waals surface area contributed by atoms with Gasteiger partial charge in [-0.05, 0) is 31.1 Å². The van der Waals surface area contributed by atoms with Gasteiger partial charge in [0.25, 0.3) is 0 Å². The molecule has 1 aliphatic rings. The highest BCUT2D eigenvalue weighted by molar-refractivity contribution is 5.86. The van der Waals surface area contributed by atoms with E-state index in [9.17, 15) is 4.79 Å². The van der Waals surface area contributed by atoms with Gasteiger partial charge in [0.2, 0.25) is 0 Å². The summed E-state index contributed by atoms with van der Waals surface area (Å²) in [7, 11) is 0. The number of hydrogen-bond acceptors (Lipinski definition) is 3. The Balaban J connectivity index is 2.10. The van der Waals surface area contributed by atoms with Crippen molar-refractivity contribution in [2.45, 2.75) is 72.8 Å². The molecule has 0 aliphatic heterocycles. The molecule has 1 aromatic heterocycles. The summed E-state index contributed by atoms with van der Waals surface area (Å²) < 4.78 is 1.90. The third-order valence-corrected chi connectivity index (χ3v) is 4.50. The van der Waals surface area contributed by atoms with Gasteiger partial charge < -0.3 is 0 Å². The molecule has 0 spiro atoms. The highest BCUT2D eigenvalue weighted by Crippen LogP contribution is 2.44. The first kappa shape index (κ1) is 16.2. The van der Waals surface area contributed by atoms with E-state index in [2.05, 4.69) is 37.8 Å². The van der Waals surface area contributed by atoms with Crippen molar-refractivity contribution in [1.82, 2.24) is 14.8 Å². The summed E-state index contributed by atoms with van der Waals surface area (Å²) in [4.78, 5) is 17.2. The van der Waals surface area contributed by atoms with Crippen LogP contribution in [0.2, 0.25) is 0 Å². The molecule has 118 valence electrons. The average molecular weight is 291 g/mol. The second-order valence-corrected chi connectivity index (χ2v) is 7.44. The summed E-state index contributed by atoms with van der Waals surface area (Å²) in [6.45, 7) is 9.58. The fraction of sp³-hybridized carbons (Fsp3) is 0.824. The van der Waals surface area contributed by atoms with Gasteiger partial charge in [-0.3, -0.25) is 4.79 Å². The van der Waals surface area contributed by atoms with Crippen LogP contribution in [0, 0.1) is 17.3 Å². The predicted octanol–water partition coefficient (Wildman–Crippen LogP) is 3.65. The minimum atomic E-state index is -0.0945. The molecule has 2 rings (SSSR count). The maximum absolute atomic E-state index is 12.9. The number of nitrogens with zero attached hydrogens (tertiary/aromatic N) is 3. The second-order valence-electron chi connectivity index (χ2n) is 7.44. The lowest BCUT2D eigenvalue weighted by Gasteiger charge is -2.29. The van der Waals surface area contributed by atoms with Gasteiger partial charge in [0, 0.05) is 12.0 Å². The van der Waals surface area contributed by atoms with Crippen LogP contribution in [0.15, 0.2) is 6.33 Å². The minimum absolute atomic E-state index is 0.0945. The highest BCUT2D eigenvalue weighted by Gasteiger charge is 2.41. The van der Waals surface area contributed by atoms with Crippen LogP contribution in [0.3, 0.4) is 0 Å². The molecule has 0 unspecified atom stereocenters. The number of hydrogen-bond donors (Lipinski definition) is 0. The molecular weight excluding hydrogens is 262 g/mol. The summed E-state index contributed by atoms with van der Waals surface area (Å²) >= 11 is 0. The number of rotatable bonds is 7. The van der Waals surface area contributed by atoms with E-state index < -0.39 is 0 Å². The molecule has 4 heteroatoms. The second kappa shape index (κ2) is 6.71. The zero-order valence-corrected chi connectivity index (χ0v) is 13.9. The Kier molecular flexibility index (Phi) is 5.17. The van der Waals surface area contributed by atoms with Crippen molar-refractivity contribution < 1.29 is 4.79 Å². The molecule has 0 N–H and O–H groups in total. The summed E-state index contributed by atoms with van der Waals surface area (Å²) in [6, 6.07) is 0. The zero-order chi connectivity index (χ0) is 15.5. The number of carbonyl (C=O) groups excluding carboxylic acids is 1. The molecule has 4 nitrogen and oxygen atoms in total. The monoisotopic (exact) mass is 291 g/mol. The molecule has 0 radical (unpaired) electrons. The molecule has 1 aliphatic carbocycles. The van der Waals surface area contributed by atoms with Crippen LogP contribution in [0.1, 0.15) is 65.6 Å². The fourth-order valence-corrected chi connectivity index (χ4v) is 3.68. The number of aromatic nitrogens is 3. The lowest BCUT2D eigenvalue weighted by atomic mass is 9.74. The van der Waals surface area contributed by atoms with Crippen molar-refractivity contribution in [3.63, 3.8) is 0 Å². The van der Waals surface area contributed by atoms with Gasteiger partial charge in [0.05, 0.1) is 6.42 Å². The standard InChI is InChI=1S/C17H29N3O/c1-13(2)10-17(7-5-6-8-17)15(21)9-16-18-12-19-20(16)11-14(3)4/h12-14H,5-11H2,1-4H3. The lowest BCUT2D eigenvalue weighted by molar-refractivity contribution is -0.129. The quantitative estimate of drug-likeness (QED) is 0.770. The van der Waals surface area contributed by atoms with E-state index in [1.54, 1.807) is 6.33 Å². The third kappa shape index (κ3) is 3.92. The zero-order valence-electron chi connectivity index (χ0n) is 13.9. The van der Waals surface area contributed by atoms with E-state index in [4.69, 9.17) is 0 Å². The molecule has 1 heterocycles. The van der Waals surface area contributed by atoms with Gasteiger partial charge >= 0.3 is 0 Å². The predicted molar refractivity (Wildman–Crippen MR) is 83.9 cm³/mol. The largest absolute Gasteiger partial charge is 0.299 e. The van der Waals surface area contributed by atoms with E-state index in [1.165, 1.54) is 12.8 Å². The van der Waals surface area contributed by atoms with Gasteiger partial charge in [0.15, 0.2) is 0 Å². The molecule has 0 bridgehead atoms. The third-order valence-electron chi connectivity index (χ3n) is 4.50. The maximum Gasteiger partial charge on any atom is 0.146 e. The SMILES string of the molecule is CC(C)Cn1ncnc1CC(=O)C1(CC(C)C)CCCC1. The van der Waals surface area contributed by atoms with Crippen LogP contribution >= 0.6 is 0 Å². The van der Waals surface area contributed by atoms with E-state index in [1.807, 2.05) is 4.68 Å². The first-order chi connectivity index (χ1) is 9.93. The Bertz CT molecular complexity index is 470. The van der Waals surface area contributed by atoms with Gasteiger partial charge in [-0.15, -0.1) is 0 Å². The topological polar surface area (TPSA) is 47.8 Å². The Hall–Kier alpha value is -1.19. The molecule has 1 saturated carbocycles. The van der Waals surface area contributed by atoms with Crippen LogP contribution in [-0.4, -0.2) is 20.5 Å².